The predicted octanol–water partition coefficient (Wildman–Crippen LogP) is 0.443. The smallest absolute Gasteiger partial charge is 0.264 e. The van der Waals surface area contributed by atoms with Crippen molar-refractivity contribution in [2.75, 3.05) is 5.75 Å². The van der Waals surface area contributed by atoms with Crippen molar-refractivity contribution in [2.45, 2.75) is 6.92 Å². The molecule has 2 N–H and O–H groups in total. The van der Waals surface area contributed by atoms with E-state index in [1.165, 1.54) is 6.92 Å². The minimum absolute atomic E-state index is 0.201. The Morgan fingerprint density at radius 2 is 2.08 bits per heavy atom. The van der Waals surface area contributed by atoms with Crippen molar-refractivity contribution >= 4 is 10.1 Å². The van der Waals surface area contributed by atoms with Crippen molar-refractivity contribution in [1.29, 1.82) is 0 Å². The molecule has 0 unspecified atom stereocenters. The third kappa shape index (κ3) is 8.99. The summed E-state index contributed by atoms with van der Waals surface area (Å²) in [7, 11) is -3.66. The number of nitrogens with one attached hydrogen (secondary N) is 1. The van der Waals surface area contributed by atoms with Gasteiger partial charge < -0.3 is 4.84 Å². The molecule has 0 aromatic rings. The van der Waals surface area contributed by atoms with E-state index in [1.807, 2.05) is 6.08 Å². The molecule has 0 spiro atoms. The van der Waals surface area contributed by atoms with Gasteiger partial charge in [0.1, 0.15) is 6.26 Å². The fraction of sp³-hybridized carbons (Fsp3) is 0.333. The molecule has 0 radical (unpaired) electrons. The molecule has 0 aromatic heterocycles. The Hall–Kier alpha value is -1.01. The quantitative estimate of drug-likeness (QED) is 0.591. The minimum Gasteiger partial charge on any atom is -0.391 e. The van der Waals surface area contributed by atoms with Crippen LogP contribution in [-0.2, 0) is 15.0 Å². The summed E-state index contributed by atoms with van der Waals surface area (Å²) in [4.78, 5) is 4.55. The largest absolute Gasteiger partial charge is 0.391 e. The highest BCUT2D eigenvalue weighted by atomic mass is 32.2. The van der Waals surface area contributed by atoms with Gasteiger partial charge in [-0.25, -0.2) is 5.48 Å². The molecule has 0 aliphatic carbocycles. The topological polar surface area (TPSA) is 75.6 Å². The highest BCUT2D eigenvalue weighted by Crippen LogP contribution is 1.80. The Kier molecular flexibility index (Phi) is 5.14. The van der Waals surface area contributed by atoms with E-state index in [0.717, 1.165) is 0 Å². The van der Waals surface area contributed by atoms with Crippen molar-refractivity contribution in [3.63, 3.8) is 0 Å². The van der Waals surface area contributed by atoms with Crippen LogP contribution >= 0.6 is 0 Å². The van der Waals surface area contributed by atoms with Crippen molar-refractivity contribution in [3.05, 3.63) is 24.6 Å². The molecule has 12 heavy (non-hydrogen) atoms. The zero-order valence-electron chi connectivity index (χ0n) is 6.60. The standard InChI is InChI=1S/C4H5NO.C2H6O3S/c1-2-4-6-5-3-1;1-2-6(3,4)5/h1-5H;2H2,1H3,(H,3,4,5). The van der Waals surface area contributed by atoms with Gasteiger partial charge in [0.2, 0.25) is 0 Å². The molecule has 0 aromatic carbocycles. The predicted molar refractivity (Wildman–Crippen MR) is 44.6 cm³/mol. The summed E-state index contributed by atoms with van der Waals surface area (Å²) in [6, 6.07) is 0. The normalized spacial score (nSPS) is 13.8. The van der Waals surface area contributed by atoms with E-state index < -0.39 is 10.1 Å². The molecule has 6 heteroatoms. The number of rotatable bonds is 1. The summed E-state index contributed by atoms with van der Waals surface area (Å²) < 4.78 is 26.9. The van der Waals surface area contributed by atoms with E-state index in [0.29, 0.717) is 0 Å². The van der Waals surface area contributed by atoms with Crippen LogP contribution in [0.5, 0.6) is 0 Å². The van der Waals surface area contributed by atoms with E-state index in [1.54, 1.807) is 18.5 Å². The summed E-state index contributed by atoms with van der Waals surface area (Å²) in [5.74, 6) is -0.201. The van der Waals surface area contributed by atoms with Crippen LogP contribution in [0.25, 0.3) is 0 Å². The van der Waals surface area contributed by atoms with Gasteiger partial charge in [-0.2, -0.15) is 8.42 Å². The van der Waals surface area contributed by atoms with Crippen LogP contribution in [0.1, 0.15) is 6.92 Å². The Morgan fingerprint density at radius 3 is 2.17 bits per heavy atom. The molecule has 1 heterocycles. The molecule has 0 amide bonds. The van der Waals surface area contributed by atoms with E-state index in [2.05, 4.69) is 10.3 Å². The van der Waals surface area contributed by atoms with E-state index in [4.69, 9.17) is 4.55 Å². The second kappa shape index (κ2) is 5.62. The van der Waals surface area contributed by atoms with Gasteiger partial charge in [-0.1, -0.05) is 0 Å². The van der Waals surface area contributed by atoms with Crippen molar-refractivity contribution < 1.29 is 17.8 Å². The van der Waals surface area contributed by atoms with Crippen LogP contribution < -0.4 is 5.48 Å². The maximum absolute atomic E-state index is 9.56. The highest BCUT2D eigenvalue weighted by molar-refractivity contribution is 7.85. The lowest BCUT2D eigenvalue weighted by atomic mass is 10.6. The van der Waals surface area contributed by atoms with Crippen LogP contribution in [0.3, 0.4) is 0 Å². The fourth-order valence-corrected chi connectivity index (χ4v) is 0.258. The summed E-state index contributed by atoms with van der Waals surface area (Å²) in [6.45, 7) is 1.37. The second-order valence-corrected chi connectivity index (χ2v) is 3.54. The molecule has 0 fully saturated rings. The molecule has 0 atom stereocenters. The molecule has 0 bridgehead atoms. The van der Waals surface area contributed by atoms with Gasteiger partial charge >= 0.3 is 0 Å². The van der Waals surface area contributed by atoms with E-state index >= 15 is 0 Å². The summed E-state index contributed by atoms with van der Waals surface area (Å²) in [6.07, 6.45) is 6.93. The third-order valence-corrected chi connectivity index (χ3v) is 1.58. The molecule has 1 aliphatic heterocycles. The lowest BCUT2D eigenvalue weighted by Crippen LogP contribution is -2.01. The van der Waals surface area contributed by atoms with Crippen molar-refractivity contribution in [1.82, 2.24) is 5.48 Å². The van der Waals surface area contributed by atoms with Gasteiger partial charge in [0.15, 0.2) is 0 Å². The zero-order chi connectivity index (χ0) is 9.45. The molecule has 0 saturated carbocycles. The van der Waals surface area contributed by atoms with Gasteiger partial charge in [0, 0.05) is 6.20 Å². The maximum atomic E-state index is 9.56. The van der Waals surface area contributed by atoms with Crippen LogP contribution in [0.15, 0.2) is 24.6 Å². The molecule has 0 saturated heterocycles. The number of hydrogen-bond acceptors (Lipinski definition) is 4. The zero-order valence-corrected chi connectivity index (χ0v) is 7.41. The van der Waals surface area contributed by atoms with Crippen LogP contribution in [0.2, 0.25) is 0 Å². The first kappa shape index (κ1) is 11.0. The second-order valence-electron chi connectivity index (χ2n) is 1.79. The first-order valence-corrected chi connectivity index (χ1v) is 4.85. The molecule has 70 valence electrons. The van der Waals surface area contributed by atoms with Gasteiger partial charge in [0.25, 0.3) is 10.1 Å². The van der Waals surface area contributed by atoms with Crippen molar-refractivity contribution in [2.24, 2.45) is 0 Å². The Labute approximate surface area is 71.4 Å². The van der Waals surface area contributed by atoms with Gasteiger partial charge in [0.05, 0.1) is 5.75 Å². The molecule has 1 rings (SSSR count). The maximum Gasteiger partial charge on any atom is 0.264 e. The van der Waals surface area contributed by atoms with Gasteiger partial charge in [-0.3, -0.25) is 4.55 Å². The average molecular weight is 193 g/mol. The third-order valence-electron chi connectivity index (χ3n) is 0.855. The van der Waals surface area contributed by atoms with Crippen molar-refractivity contribution in [3.8, 4) is 0 Å². The van der Waals surface area contributed by atoms with Crippen LogP contribution in [0, 0.1) is 0 Å². The first-order chi connectivity index (χ1) is 5.56. The molecule has 5 nitrogen and oxygen atoms in total. The lowest BCUT2D eigenvalue weighted by molar-refractivity contribution is 0.172. The first-order valence-electron chi connectivity index (χ1n) is 3.24. The number of hydroxylamine groups is 1. The fourth-order valence-electron chi connectivity index (χ4n) is 0.258. The monoisotopic (exact) mass is 193 g/mol. The number of allylic oxidation sites excluding steroid dienone is 2. The highest BCUT2D eigenvalue weighted by Gasteiger charge is 1.93. The lowest BCUT2D eigenvalue weighted by Gasteiger charge is -1.97. The minimum atomic E-state index is -3.66. The Morgan fingerprint density at radius 1 is 1.50 bits per heavy atom. The summed E-state index contributed by atoms with van der Waals surface area (Å²) >= 11 is 0. The number of hydrogen-bond donors (Lipinski definition) is 2. The Bertz CT molecular complexity index is 243. The van der Waals surface area contributed by atoms with Gasteiger partial charge in [-0.15, -0.1) is 0 Å². The summed E-state index contributed by atoms with van der Waals surface area (Å²) in [5.41, 5.74) is 2.52. The van der Waals surface area contributed by atoms with Crippen LogP contribution in [0.4, 0.5) is 0 Å². The van der Waals surface area contributed by atoms with Gasteiger partial charge in [-0.05, 0) is 19.1 Å². The average Bonchev–Trinajstić information content (AvgIpc) is 2.07. The van der Waals surface area contributed by atoms with Crippen LogP contribution in [-0.4, -0.2) is 18.7 Å². The molecular weight excluding hydrogens is 182 g/mol. The SMILES string of the molecule is C1=CNOC=C1.CCS(=O)(=O)O. The van der Waals surface area contributed by atoms with E-state index in [9.17, 15) is 8.42 Å². The molecular formula is C6H11NO4S. The summed E-state index contributed by atoms with van der Waals surface area (Å²) in [5, 5.41) is 0. The molecule has 1 aliphatic rings. The van der Waals surface area contributed by atoms with E-state index in [-0.39, 0.29) is 5.75 Å². The Balaban J connectivity index is 0.000000202.